The number of nitrogens with zero attached hydrogens (tertiary/aromatic N) is 3. The van der Waals surface area contributed by atoms with Crippen molar-refractivity contribution in [3.05, 3.63) is 83.6 Å². The topological polar surface area (TPSA) is 48.5 Å². The molecule has 1 amide bonds. The summed E-state index contributed by atoms with van der Waals surface area (Å²) in [5, 5.41) is 3.43. The molecule has 1 N–H and O–H groups in total. The van der Waals surface area contributed by atoms with Gasteiger partial charge in [0.05, 0.1) is 0 Å². The highest BCUT2D eigenvalue weighted by Gasteiger charge is 2.19. The molecule has 0 bridgehead atoms. The standard InChI is InChI=1S/C29H36N4O/c1-23-12-6-7-13-25(23)21-32-18-10-4-3-5-11-19-33(24(2)34)28-16-15-27(20-26(28)22-32)31-29-14-8-9-17-30-29/h6-9,12-17,20H,3-5,10-11,18-19,21-22H2,1-2H3,(H,30,31). The van der Waals surface area contributed by atoms with Gasteiger partial charge in [-0.25, -0.2) is 4.98 Å². The SMILES string of the molecule is CC(=O)N1CCCCCCCN(Cc2ccccc2C)Cc2cc(Nc3ccccn3)ccc21. The first-order chi connectivity index (χ1) is 16.6. The third-order valence-electron chi connectivity index (χ3n) is 6.59. The molecule has 3 aromatic rings. The molecule has 0 radical (unpaired) electrons. The molecule has 0 unspecified atom stereocenters. The zero-order valence-electron chi connectivity index (χ0n) is 20.5. The summed E-state index contributed by atoms with van der Waals surface area (Å²) in [6.07, 6.45) is 7.65. The van der Waals surface area contributed by atoms with Crippen LogP contribution in [0.5, 0.6) is 0 Å². The van der Waals surface area contributed by atoms with Crippen molar-refractivity contribution in [2.24, 2.45) is 0 Å². The molecular weight excluding hydrogens is 420 g/mol. The lowest BCUT2D eigenvalue weighted by Gasteiger charge is -2.29. The molecule has 0 fully saturated rings. The zero-order valence-corrected chi connectivity index (χ0v) is 20.5. The van der Waals surface area contributed by atoms with Gasteiger partial charge in [-0.05, 0) is 73.3 Å². The van der Waals surface area contributed by atoms with E-state index in [4.69, 9.17) is 0 Å². The second-order valence-corrected chi connectivity index (χ2v) is 9.26. The maximum atomic E-state index is 12.7. The van der Waals surface area contributed by atoms with E-state index in [0.717, 1.165) is 56.2 Å². The molecule has 5 heteroatoms. The Morgan fingerprint density at radius 1 is 0.941 bits per heavy atom. The number of aromatic nitrogens is 1. The first-order valence-corrected chi connectivity index (χ1v) is 12.5. The van der Waals surface area contributed by atoms with Crippen LogP contribution in [0, 0.1) is 6.92 Å². The quantitative estimate of drug-likeness (QED) is 0.490. The van der Waals surface area contributed by atoms with Gasteiger partial charge in [-0.1, -0.05) is 49.6 Å². The Morgan fingerprint density at radius 3 is 2.47 bits per heavy atom. The summed E-state index contributed by atoms with van der Waals surface area (Å²) in [6, 6.07) is 20.8. The number of hydrogen-bond donors (Lipinski definition) is 1. The van der Waals surface area contributed by atoms with Gasteiger partial charge in [-0.15, -0.1) is 0 Å². The smallest absolute Gasteiger partial charge is 0.223 e. The summed E-state index contributed by atoms with van der Waals surface area (Å²) in [4.78, 5) is 21.6. The van der Waals surface area contributed by atoms with Crippen molar-refractivity contribution in [3.63, 3.8) is 0 Å². The van der Waals surface area contributed by atoms with Crippen LogP contribution in [0.15, 0.2) is 66.9 Å². The van der Waals surface area contributed by atoms with Crippen LogP contribution in [0.1, 0.15) is 55.7 Å². The second kappa shape index (κ2) is 11.8. The number of nitrogens with one attached hydrogen (secondary N) is 1. The van der Waals surface area contributed by atoms with E-state index < -0.39 is 0 Å². The van der Waals surface area contributed by atoms with Crippen molar-refractivity contribution in [3.8, 4) is 0 Å². The van der Waals surface area contributed by atoms with Gasteiger partial charge in [-0.2, -0.15) is 0 Å². The number of carbonyl (C=O) groups is 1. The van der Waals surface area contributed by atoms with Crippen LogP contribution in [0.25, 0.3) is 0 Å². The molecule has 0 spiro atoms. The third-order valence-corrected chi connectivity index (χ3v) is 6.59. The maximum absolute atomic E-state index is 12.7. The summed E-state index contributed by atoms with van der Waals surface area (Å²) >= 11 is 0. The highest BCUT2D eigenvalue weighted by molar-refractivity contribution is 5.92. The Balaban J connectivity index is 1.68. The van der Waals surface area contributed by atoms with Gasteiger partial charge in [0.1, 0.15) is 5.82 Å². The highest BCUT2D eigenvalue weighted by Crippen LogP contribution is 2.29. The molecule has 2 heterocycles. The molecule has 0 saturated heterocycles. The van der Waals surface area contributed by atoms with Crippen LogP contribution < -0.4 is 10.2 Å². The molecule has 1 aromatic heterocycles. The minimum Gasteiger partial charge on any atom is -0.340 e. The molecule has 178 valence electrons. The number of hydrogen-bond acceptors (Lipinski definition) is 4. The van der Waals surface area contributed by atoms with Crippen LogP contribution in [0.2, 0.25) is 0 Å². The number of aryl methyl sites for hydroxylation is 1. The third kappa shape index (κ3) is 6.45. The number of amides is 1. The van der Waals surface area contributed by atoms with Gasteiger partial charge >= 0.3 is 0 Å². The molecule has 0 saturated carbocycles. The number of rotatable bonds is 4. The Morgan fingerprint density at radius 2 is 1.71 bits per heavy atom. The van der Waals surface area contributed by atoms with E-state index in [1.54, 1.807) is 13.1 Å². The molecular formula is C29H36N4O. The van der Waals surface area contributed by atoms with Crippen LogP contribution in [-0.2, 0) is 17.9 Å². The maximum Gasteiger partial charge on any atom is 0.223 e. The summed E-state index contributed by atoms with van der Waals surface area (Å²) in [7, 11) is 0. The lowest BCUT2D eigenvalue weighted by Crippen LogP contribution is -2.32. The molecule has 5 nitrogen and oxygen atoms in total. The van der Waals surface area contributed by atoms with Crippen molar-refractivity contribution in [2.75, 3.05) is 23.3 Å². The van der Waals surface area contributed by atoms with Crippen molar-refractivity contribution < 1.29 is 4.79 Å². The van der Waals surface area contributed by atoms with E-state index in [-0.39, 0.29) is 5.91 Å². The molecule has 4 rings (SSSR count). The van der Waals surface area contributed by atoms with E-state index in [1.165, 1.54) is 36.0 Å². The first-order valence-electron chi connectivity index (χ1n) is 12.5. The summed E-state index contributed by atoms with van der Waals surface area (Å²) < 4.78 is 0. The average molecular weight is 457 g/mol. The fourth-order valence-electron chi connectivity index (χ4n) is 4.70. The number of pyridine rings is 1. The van der Waals surface area contributed by atoms with Crippen molar-refractivity contribution in [1.29, 1.82) is 0 Å². The zero-order chi connectivity index (χ0) is 23.8. The lowest BCUT2D eigenvalue weighted by atomic mass is 10.0. The monoisotopic (exact) mass is 456 g/mol. The van der Waals surface area contributed by atoms with Gasteiger partial charge in [0.2, 0.25) is 5.91 Å². The molecule has 34 heavy (non-hydrogen) atoms. The van der Waals surface area contributed by atoms with Crippen LogP contribution >= 0.6 is 0 Å². The van der Waals surface area contributed by atoms with Crippen LogP contribution in [0.4, 0.5) is 17.2 Å². The van der Waals surface area contributed by atoms with Crippen molar-refractivity contribution in [2.45, 2.75) is 59.0 Å². The first kappa shape index (κ1) is 24.0. The second-order valence-electron chi connectivity index (χ2n) is 9.26. The fraction of sp³-hybridized carbons (Fsp3) is 0.379. The molecule has 1 aliphatic rings. The molecule has 2 aromatic carbocycles. The van der Waals surface area contributed by atoms with Gasteiger partial charge in [0.15, 0.2) is 0 Å². The van der Waals surface area contributed by atoms with E-state index in [2.05, 4.69) is 64.6 Å². The van der Waals surface area contributed by atoms with E-state index in [1.807, 2.05) is 23.1 Å². The van der Waals surface area contributed by atoms with Crippen molar-refractivity contribution >= 4 is 23.1 Å². The largest absolute Gasteiger partial charge is 0.340 e. The van der Waals surface area contributed by atoms with E-state index >= 15 is 0 Å². The predicted octanol–water partition coefficient (Wildman–Crippen LogP) is 6.45. The summed E-state index contributed by atoms with van der Waals surface area (Å²) in [5.41, 5.74) is 5.87. The molecule has 0 aliphatic carbocycles. The number of fused-ring (bicyclic) bond motifs is 1. The van der Waals surface area contributed by atoms with E-state index in [9.17, 15) is 4.79 Å². The van der Waals surface area contributed by atoms with Crippen molar-refractivity contribution in [1.82, 2.24) is 9.88 Å². The van der Waals surface area contributed by atoms with Crippen LogP contribution in [-0.4, -0.2) is 28.9 Å². The normalized spacial score (nSPS) is 15.6. The van der Waals surface area contributed by atoms with E-state index in [0.29, 0.717) is 0 Å². The number of benzene rings is 2. The lowest BCUT2D eigenvalue weighted by molar-refractivity contribution is -0.116. The summed E-state index contributed by atoms with van der Waals surface area (Å²) in [6.45, 7) is 7.39. The minimum absolute atomic E-state index is 0.106. The Kier molecular flexibility index (Phi) is 8.31. The Labute approximate surface area is 203 Å². The summed E-state index contributed by atoms with van der Waals surface area (Å²) in [5.74, 6) is 0.921. The Bertz CT molecular complexity index is 1080. The predicted molar refractivity (Wildman–Crippen MR) is 140 cm³/mol. The van der Waals surface area contributed by atoms with Gasteiger partial charge in [0, 0.05) is 44.1 Å². The van der Waals surface area contributed by atoms with Gasteiger partial charge < -0.3 is 10.2 Å². The minimum atomic E-state index is 0.106. The molecule has 1 aliphatic heterocycles. The van der Waals surface area contributed by atoms with Crippen LogP contribution in [0.3, 0.4) is 0 Å². The highest BCUT2D eigenvalue weighted by atomic mass is 16.2. The Hall–Kier alpha value is -3.18. The average Bonchev–Trinajstić information content (AvgIpc) is 2.82. The molecule has 0 atom stereocenters. The fourth-order valence-corrected chi connectivity index (χ4v) is 4.70. The van der Waals surface area contributed by atoms with Gasteiger partial charge in [0.25, 0.3) is 0 Å². The number of anilines is 3. The van der Waals surface area contributed by atoms with Gasteiger partial charge in [-0.3, -0.25) is 9.69 Å². The number of carbonyl (C=O) groups excluding carboxylic acids is 1.